The summed E-state index contributed by atoms with van der Waals surface area (Å²) < 4.78 is 0. The molecule has 27 heavy (non-hydrogen) atoms. The third kappa shape index (κ3) is 4.36. The summed E-state index contributed by atoms with van der Waals surface area (Å²) in [5.74, 6) is 0.709. The molecule has 2 aliphatic rings. The molecule has 2 aromatic rings. The van der Waals surface area contributed by atoms with Crippen molar-refractivity contribution >= 4 is 40.6 Å². The molecular weight excluding hydrogens is 378 g/mol. The molecule has 7 heteroatoms. The van der Waals surface area contributed by atoms with Gasteiger partial charge in [0.15, 0.2) is 0 Å². The Morgan fingerprint density at radius 2 is 1.93 bits per heavy atom. The molecule has 4 rings (SSSR count). The maximum atomic E-state index is 12.7. The molecule has 0 aliphatic carbocycles. The first-order valence-electron chi connectivity index (χ1n) is 9.36. The van der Waals surface area contributed by atoms with Crippen LogP contribution in [0.2, 0.25) is 0 Å². The number of anilines is 1. The highest BCUT2D eigenvalue weighted by Gasteiger charge is 2.27. The van der Waals surface area contributed by atoms with Gasteiger partial charge in [0.1, 0.15) is 6.54 Å². The number of quaternary nitrogens is 1. The number of thioether (sulfide) groups is 1. The van der Waals surface area contributed by atoms with Crippen LogP contribution in [0.25, 0.3) is 0 Å². The van der Waals surface area contributed by atoms with E-state index in [0.717, 1.165) is 43.3 Å². The zero-order valence-electron chi connectivity index (χ0n) is 15.2. The van der Waals surface area contributed by atoms with Gasteiger partial charge in [-0.25, -0.2) is 0 Å². The van der Waals surface area contributed by atoms with Crippen molar-refractivity contribution in [2.45, 2.75) is 17.9 Å². The van der Waals surface area contributed by atoms with Crippen LogP contribution in [-0.4, -0.2) is 55.2 Å². The number of nitrogens with one attached hydrogen (secondary N) is 1. The van der Waals surface area contributed by atoms with Crippen LogP contribution in [0.3, 0.4) is 0 Å². The average molecular weight is 403 g/mol. The number of para-hydroxylation sites is 1. The second-order valence-electron chi connectivity index (χ2n) is 6.94. The monoisotopic (exact) mass is 402 g/mol. The maximum absolute atomic E-state index is 12.7. The van der Waals surface area contributed by atoms with Crippen molar-refractivity contribution in [2.24, 2.45) is 0 Å². The van der Waals surface area contributed by atoms with Crippen molar-refractivity contribution < 1.29 is 14.5 Å². The molecule has 0 saturated carbocycles. The van der Waals surface area contributed by atoms with Crippen molar-refractivity contribution in [1.82, 2.24) is 4.90 Å². The number of benzene rings is 1. The summed E-state index contributed by atoms with van der Waals surface area (Å²) in [5, 5.41) is 2.12. The Hall–Kier alpha value is -1.83. The topological polar surface area (TPSA) is 45.1 Å². The lowest BCUT2D eigenvalue weighted by Gasteiger charge is -2.33. The molecule has 1 fully saturated rings. The van der Waals surface area contributed by atoms with Gasteiger partial charge in [-0.05, 0) is 23.6 Å². The standard InChI is InChI=1S/C20H23N3O2S2/c24-19(22-11-9-21(10-12-22)14-16-4-3-13-26-16)7-8-23-17-5-1-2-6-18(17)27-15-20(23)25/h1-6,13H,7-12,14-15H2/p+1. The highest BCUT2D eigenvalue weighted by atomic mass is 32.2. The minimum Gasteiger partial charge on any atom is -0.331 e. The van der Waals surface area contributed by atoms with Crippen molar-refractivity contribution in [1.29, 1.82) is 0 Å². The molecule has 0 radical (unpaired) electrons. The first-order chi connectivity index (χ1) is 13.2. The molecule has 0 spiro atoms. The third-order valence-corrected chi connectivity index (χ3v) is 7.11. The molecule has 1 aromatic heterocycles. The Morgan fingerprint density at radius 1 is 1.11 bits per heavy atom. The number of hydrogen-bond acceptors (Lipinski definition) is 4. The molecule has 0 unspecified atom stereocenters. The number of piperazine rings is 1. The summed E-state index contributed by atoms with van der Waals surface area (Å²) in [6.45, 7) is 5.12. The lowest BCUT2D eigenvalue weighted by atomic mass is 10.2. The zero-order valence-corrected chi connectivity index (χ0v) is 16.9. The molecule has 3 heterocycles. The maximum Gasteiger partial charge on any atom is 0.237 e. The summed E-state index contributed by atoms with van der Waals surface area (Å²) in [6.07, 6.45) is 0.394. The number of fused-ring (bicyclic) bond motifs is 1. The molecule has 2 aliphatic heterocycles. The Labute approximate surface area is 167 Å². The lowest BCUT2D eigenvalue weighted by Crippen LogP contribution is -3.13. The fraction of sp³-hybridized carbons (Fsp3) is 0.400. The van der Waals surface area contributed by atoms with E-state index in [1.54, 1.807) is 32.9 Å². The number of hydrogen-bond donors (Lipinski definition) is 1. The Balaban J connectivity index is 1.28. The van der Waals surface area contributed by atoms with Crippen molar-refractivity contribution in [2.75, 3.05) is 43.4 Å². The van der Waals surface area contributed by atoms with E-state index in [9.17, 15) is 9.59 Å². The van der Waals surface area contributed by atoms with Crippen LogP contribution in [0.15, 0.2) is 46.7 Å². The lowest BCUT2D eigenvalue weighted by molar-refractivity contribution is -0.917. The van der Waals surface area contributed by atoms with Crippen molar-refractivity contribution in [3.05, 3.63) is 46.7 Å². The average Bonchev–Trinajstić information content (AvgIpc) is 3.20. The van der Waals surface area contributed by atoms with E-state index in [4.69, 9.17) is 0 Å². The number of thiophene rings is 1. The summed E-state index contributed by atoms with van der Waals surface area (Å²) >= 11 is 3.38. The van der Waals surface area contributed by atoms with Crippen LogP contribution in [0.5, 0.6) is 0 Å². The van der Waals surface area contributed by atoms with E-state index < -0.39 is 0 Å². The summed E-state index contributed by atoms with van der Waals surface area (Å²) in [7, 11) is 0. The van der Waals surface area contributed by atoms with Gasteiger partial charge in [-0.1, -0.05) is 18.2 Å². The Kier molecular flexibility index (Phi) is 5.80. The predicted octanol–water partition coefficient (Wildman–Crippen LogP) is 1.50. The number of carbonyl (C=O) groups excluding carboxylic acids is 2. The molecular formula is C20H24N3O2S2+. The first kappa shape index (κ1) is 18.5. The second-order valence-corrected chi connectivity index (χ2v) is 8.99. The molecule has 1 saturated heterocycles. The summed E-state index contributed by atoms with van der Waals surface area (Å²) in [4.78, 5) is 32.8. The number of nitrogens with zero attached hydrogens (tertiary/aromatic N) is 2. The van der Waals surface area contributed by atoms with E-state index >= 15 is 0 Å². The zero-order chi connectivity index (χ0) is 18.6. The minimum absolute atomic E-state index is 0.0942. The van der Waals surface area contributed by atoms with Crippen LogP contribution in [0.4, 0.5) is 5.69 Å². The quantitative estimate of drug-likeness (QED) is 0.825. The second kappa shape index (κ2) is 8.46. The molecule has 5 nitrogen and oxygen atoms in total. The first-order valence-corrected chi connectivity index (χ1v) is 11.2. The van der Waals surface area contributed by atoms with Crippen molar-refractivity contribution in [3.8, 4) is 0 Å². The molecule has 1 N–H and O–H groups in total. The third-order valence-electron chi connectivity index (χ3n) is 5.19. The highest BCUT2D eigenvalue weighted by molar-refractivity contribution is 8.00. The van der Waals surface area contributed by atoms with Gasteiger partial charge in [0.05, 0.1) is 42.5 Å². The van der Waals surface area contributed by atoms with Crippen LogP contribution in [-0.2, 0) is 16.1 Å². The van der Waals surface area contributed by atoms with Gasteiger partial charge in [-0.2, -0.15) is 0 Å². The van der Waals surface area contributed by atoms with Gasteiger partial charge >= 0.3 is 0 Å². The number of rotatable bonds is 5. The predicted molar refractivity (Wildman–Crippen MR) is 109 cm³/mol. The van der Waals surface area contributed by atoms with Gasteiger partial charge < -0.3 is 14.7 Å². The smallest absolute Gasteiger partial charge is 0.237 e. The van der Waals surface area contributed by atoms with Crippen LogP contribution >= 0.6 is 23.1 Å². The molecule has 0 bridgehead atoms. The molecule has 0 atom stereocenters. The van der Waals surface area contributed by atoms with Gasteiger partial charge in [-0.3, -0.25) is 9.59 Å². The van der Waals surface area contributed by atoms with E-state index in [2.05, 4.69) is 17.5 Å². The summed E-state index contributed by atoms with van der Waals surface area (Å²) in [5.41, 5.74) is 0.941. The van der Waals surface area contributed by atoms with Gasteiger partial charge in [-0.15, -0.1) is 23.1 Å². The van der Waals surface area contributed by atoms with E-state index in [-0.39, 0.29) is 11.8 Å². The fourth-order valence-corrected chi connectivity index (χ4v) is 5.39. The summed E-state index contributed by atoms with van der Waals surface area (Å²) in [6, 6.07) is 12.2. The molecule has 2 amide bonds. The van der Waals surface area contributed by atoms with E-state index in [1.165, 1.54) is 4.88 Å². The fourth-order valence-electron chi connectivity index (χ4n) is 3.67. The highest BCUT2D eigenvalue weighted by Crippen LogP contribution is 2.34. The minimum atomic E-state index is 0.0942. The Bertz CT molecular complexity index is 801. The van der Waals surface area contributed by atoms with E-state index in [0.29, 0.717) is 18.7 Å². The Morgan fingerprint density at radius 3 is 2.70 bits per heavy atom. The SMILES string of the molecule is O=C(CCN1C(=O)CSc2ccccc21)N1CC[NH+](Cc2cccs2)CC1. The molecule has 1 aromatic carbocycles. The van der Waals surface area contributed by atoms with E-state index in [1.807, 2.05) is 29.2 Å². The normalized spacial score (nSPS) is 17.9. The number of amides is 2. The van der Waals surface area contributed by atoms with Crippen LogP contribution < -0.4 is 9.80 Å². The molecule has 142 valence electrons. The van der Waals surface area contributed by atoms with Crippen LogP contribution in [0, 0.1) is 0 Å². The van der Waals surface area contributed by atoms with Crippen LogP contribution in [0.1, 0.15) is 11.3 Å². The van der Waals surface area contributed by atoms with Gasteiger partial charge in [0.25, 0.3) is 0 Å². The van der Waals surface area contributed by atoms with Crippen molar-refractivity contribution in [3.63, 3.8) is 0 Å². The number of carbonyl (C=O) groups is 2. The van der Waals surface area contributed by atoms with Gasteiger partial charge in [0.2, 0.25) is 11.8 Å². The van der Waals surface area contributed by atoms with Gasteiger partial charge in [0, 0.05) is 17.9 Å². The largest absolute Gasteiger partial charge is 0.331 e.